The van der Waals surface area contributed by atoms with Gasteiger partial charge in [0.25, 0.3) is 10.0 Å². The lowest BCUT2D eigenvalue weighted by Gasteiger charge is -2.09. The number of hydrogen-bond acceptors (Lipinski definition) is 4. The van der Waals surface area contributed by atoms with E-state index in [4.69, 9.17) is 23.2 Å². The van der Waals surface area contributed by atoms with Gasteiger partial charge in [-0.1, -0.05) is 29.3 Å². The molecule has 1 N–H and O–H groups in total. The number of sulfonamides is 1. The predicted molar refractivity (Wildman–Crippen MR) is 102 cm³/mol. The second kappa shape index (κ2) is 7.19. The number of halogens is 3. The third-order valence-electron chi connectivity index (χ3n) is 3.80. The molecule has 0 fully saturated rings. The second-order valence-electron chi connectivity index (χ2n) is 5.57. The standard InChI is InChI=1S/C16H14Cl2FN3O2S2/c1-9-16(21-26(23,24)15-7-6-14(18)25-15)10(2)22(20-9)8-11-12(17)4-3-5-13(11)19/h3-7,21H,8H2,1-2H3. The second-order valence-corrected chi connectivity index (χ2v) is 9.60. The van der Waals surface area contributed by atoms with Gasteiger partial charge in [-0.25, -0.2) is 12.8 Å². The summed E-state index contributed by atoms with van der Waals surface area (Å²) < 4.78 is 43.6. The summed E-state index contributed by atoms with van der Waals surface area (Å²) in [4.78, 5) is 0. The van der Waals surface area contributed by atoms with Crippen LogP contribution in [-0.4, -0.2) is 18.2 Å². The van der Waals surface area contributed by atoms with Crippen LogP contribution >= 0.6 is 34.5 Å². The van der Waals surface area contributed by atoms with Crippen LogP contribution in [0.2, 0.25) is 9.36 Å². The van der Waals surface area contributed by atoms with E-state index < -0.39 is 15.8 Å². The molecule has 0 aliphatic carbocycles. The molecular weight excluding hydrogens is 420 g/mol. The minimum absolute atomic E-state index is 0.0880. The molecule has 0 spiro atoms. The number of rotatable bonds is 5. The highest BCUT2D eigenvalue weighted by molar-refractivity contribution is 7.94. The first kappa shape index (κ1) is 19.2. The molecule has 0 atom stereocenters. The summed E-state index contributed by atoms with van der Waals surface area (Å²) in [5, 5.41) is 4.60. The molecule has 1 aromatic carbocycles. The van der Waals surface area contributed by atoms with Crippen molar-refractivity contribution in [3.63, 3.8) is 0 Å². The van der Waals surface area contributed by atoms with Gasteiger partial charge in [-0.15, -0.1) is 11.3 Å². The fourth-order valence-electron chi connectivity index (χ4n) is 2.46. The van der Waals surface area contributed by atoms with E-state index in [9.17, 15) is 12.8 Å². The van der Waals surface area contributed by atoms with Crippen LogP contribution in [0.5, 0.6) is 0 Å². The zero-order chi connectivity index (χ0) is 19.1. The Morgan fingerprint density at radius 1 is 1.23 bits per heavy atom. The Bertz CT molecular complexity index is 1060. The highest BCUT2D eigenvalue weighted by atomic mass is 35.5. The molecule has 0 saturated carbocycles. The molecule has 0 saturated heterocycles. The van der Waals surface area contributed by atoms with Crippen molar-refractivity contribution in [3.8, 4) is 0 Å². The van der Waals surface area contributed by atoms with Gasteiger partial charge in [-0.3, -0.25) is 9.40 Å². The fraction of sp³-hybridized carbons (Fsp3) is 0.188. The highest BCUT2D eigenvalue weighted by Crippen LogP contribution is 2.30. The van der Waals surface area contributed by atoms with Crippen LogP contribution in [0.3, 0.4) is 0 Å². The molecule has 26 heavy (non-hydrogen) atoms. The Kier molecular flexibility index (Phi) is 5.30. The summed E-state index contributed by atoms with van der Waals surface area (Å²) in [6.45, 7) is 3.46. The van der Waals surface area contributed by atoms with E-state index >= 15 is 0 Å². The number of nitrogens with one attached hydrogen (secondary N) is 1. The first-order valence-electron chi connectivity index (χ1n) is 7.44. The minimum atomic E-state index is -3.78. The molecular formula is C16H14Cl2FN3O2S2. The van der Waals surface area contributed by atoms with Crippen molar-refractivity contribution < 1.29 is 12.8 Å². The number of nitrogens with zero attached hydrogens (tertiary/aromatic N) is 2. The predicted octanol–water partition coefficient (Wildman–Crippen LogP) is 4.86. The van der Waals surface area contributed by atoms with Gasteiger partial charge in [0, 0.05) is 10.6 Å². The summed E-state index contributed by atoms with van der Waals surface area (Å²) in [6, 6.07) is 7.38. The third-order valence-corrected chi connectivity index (χ3v) is 7.23. The average molecular weight is 434 g/mol. The summed E-state index contributed by atoms with van der Waals surface area (Å²) in [7, 11) is -3.78. The van der Waals surface area contributed by atoms with E-state index in [1.54, 1.807) is 19.9 Å². The minimum Gasteiger partial charge on any atom is -0.275 e. The van der Waals surface area contributed by atoms with Crippen molar-refractivity contribution in [2.45, 2.75) is 24.6 Å². The summed E-state index contributed by atoms with van der Waals surface area (Å²) in [5.41, 5.74) is 1.66. The largest absolute Gasteiger partial charge is 0.275 e. The van der Waals surface area contributed by atoms with Gasteiger partial charge >= 0.3 is 0 Å². The van der Waals surface area contributed by atoms with Crippen LogP contribution < -0.4 is 4.72 Å². The lowest BCUT2D eigenvalue weighted by molar-refractivity contribution is 0.579. The van der Waals surface area contributed by atoms with Crippen LogP contribution in [0.4, 0.5) is 10.1 Å². The number of aryl methyl sites for hydroxylation is 1. The van der Waals surface area contributed by atoms with Gasteiger partial charge in [0.05, 0.1) is 28.0 Å². The monoisotopic (exact) mass is 433 g/mol. The van der Waals surface area contributed by atoms with Crippen molar-refractivity contribution in [2.75, 3.05) is 4.72 Å². The van der Waals surface area contributed by atoms with Gasteiger partial charge < -0.3 is 0 Å². The van der Waals surface area contributed by atoms with Crippen molar-refractivity contribution in [1.29, 1.82) is 0 Å². The van der Waals surface area contributed by atoms with Crippen molar-refractivity contribution in [3.05, 3.63) is 62.5 Å². The molecule has 138 valence electrons. The summed E-state index contributed by atoms with van der Waals surface area (Å²) in [5.74, 6) is -0.444. The normalized spacial score (nSPS) is 11.7. The van der Waals surface area contributed by atoms with Gasteiger partial charge in [0.15, 0.2) is 0 Å². The Labute approximate surface area is 164 Å². The van der Waals surface area contributed by atoms with E-state index in [0.717, 1.165) is 11.3 Å². The van der Waals surface area contributed by atoms with Crippen LogP contribution in [0.25, 0.3) is 0 Å². The molecule has 0 amide bonds. The number of anilines is 1. The SMILES string of the molecule is Cc1nn(Cc2c(F)cccc2Cl)c(C)c1NS(=O)(=O)c1ccc(Cl)s1. The maximum Gasteiger partial charge on any atom is 0.271 e. The van der Waals surface area contributed by atoms with E-state index in [-0.39, 0.29) is 15.8 Å². The van der Waals surface area contributed by atoms with Crippen molar-refractivity contribution >= 4 is 50.2 Å². The molecule has 2 aromatic heterocycles. The Hall–Kier alpha value is -1.61. The van der Waals surface area contributed by atoms with E-state index in [1.807, 2.05) is 0 Å². The maximum absolute atomic E-state index is 14.0. The van der Waals surface area contributed by atoms with Crippen molar-refractivity contribution in [1.82, 2.24) is 9.78 Å². The molecule has 0 bridgehead atoms. The van der Waals surface area contributed by atoms with Crippen LogP contribution in [0, 0.1) is 19.7 Å². The van der Waals surface area contributed by atoms with E-state index in [1.165, 1.54) is 28.9 Å². The number of benzene rings is 1. The maximum atomic E-state index is 14.0. The zero-order valence-electron chi connectivity index (χ0n) is 13.8. The molecule has 10 heteroatoms. The molecule has 0 unspecified atom stereocenters. The molecule has 0 aliphatic rings. The number of hydrogen-bond donors (Lipinski definition) is 1. The van der Waals surface area contributed by atoms with E-state index in [0.29, 0.717) is 27.0 Å². The van der Waals surface area contributed by atoms with Gasteiger partial charge in [-0.2, -0.15) is 5.10 Å². The van der Waals surface area contributed by atoms with E-state index in [2.05, 4.69) is 9.82 Å². The van der Waals surface area contributed by atoms with Gasteiger partial charge in [0.1, 0.15) is 10.0 Å². The number of aromatic nitrogens is 2. The van der Waals surface area contributed by atoms with Gasteiger partial charge in [0.2, 0.25) is 0 Å². The summed E-state index contributed by atoms with van der Waals surface area (Å²) >= 11 is 12.8. The van der Waals surface area contributed by atoms with Crippen LogP contribution in [0.1, 0.15) is 17.0 Å². The third kappa shape index (κ3) is 3.73. The van der Waals surface area contributed by atoms with Crippen LogP contribution in [0.15, 0.2) is 34.5 Å². The zero-order valence-corrected chi connectivity index (χ0v) is 16.9. The Morgan fingerprint density at radius 2 is 1.96 bits per heavy atom. The lowest BCUT2D eigenvalue weighted by Crippen LogP contribution is -2.13. The quantitative estimate of drug-likeness (QED) is 0.624. The average Bonchev–Trinajstić information content (AvgIpc) is 3.11. The molecule has 3 rings (SSSR count). The van der Waals surface area contributed by atoms with Crippen LogP contribution in [-0.2, 0) is 16.6 Å². The molecule has 2 heterocycles. The first-order chi connectivity index (χ1) is 12.2. The lowest BCUT2D eigenvalue weighted by atomic mass is 10.2. The smallest absolute Gasteiger partial charge is 0.271 e. The fourth-order valence-corrected chi connectivity index (χ4v) is 5.34. The number of thiophene rings is 1. The Morgan fingerprint density at radius 3 is 2.58 bits per heavy atom. The molecule has 0 radical (unpaired) electrons. The molecule has 5 nitrogen and oxygen atoms in total. The van der Waals surface area contributed by atoms with Gasteiger partial charge in [-0.05, 0) is 38.1 Å². The highest BCUT2D eigenvalue weighted by Gasteiger charge is 2.22. The topological polar surface area (TPSA) is 64.0 Å². The first-order valence-corrected chi connectivity index (χ1v) is 10.5. The summed E-state index contributed by atoms with van der Waals surface area (Å²) in [6.07, 6.45) is 0. The van der Waals surface area contributed by atoms with Crippen molar-refractivity contribution in [2.24, 2.45) is 0 Å². The molecule has 0 aliphatic heterocycles. The Balaban J connectivity index is 1.94. The molecule has 3 aromatic rings.